The number of anilines is 1. The van der Waals surface area contributed by atoms with Crippen LogP contribution < -0.4 is 10.1 Å². The molecule has 0 unspecified atom stereocenters. The number of nitrogens with zero attached hydrogens (tertiary/aromatic N) is 2. The van der Waals surface area contributed by atoms with Crippen LogP contribution in [-0.2, 0) is 19.6 Å². The van der Waals surface area contributed by atoms with Crippen LogP contribution in [0, 0.1) is 0 Å². The molecule has 168 valence electrons. The molecule has 1 N–H and O–H groups in total. The topological polar surface area (TPSA) is 96.0 Å². The van der Waals surface area contributed by atoms with E-state index in [0.717, 1.165) is 15.1 Å². The van der Waals surface area contributed by atoms with Gasteiger partial charge in [-0.1, -0.05) is 30.3 Å². The molecular weight excluding hydrogens is 430 g/mol. The van der Waals surface area contributed by atoms with Crippen LogP contribution in [0.15, 0.2) is 71.6 Å². The number of amides is 2. The number of nitrogens with one attached hydrogen (secondary N) is 1. The van der Waals surface area contributed by atoms with Gasteiger partial charge in [0.1, 0.15) is 5.75 Å². The predicted molar refractivity (Wildman–Crippen MR) is 123 cm³/mol. The number of sulfonamides is 1. The third kappa shape index (κ3) is 5.63. The Morgan fingerprint density at radius 2 is 1.56 bits per heavy atom. The molecule has 0 aliphatic carbocycles. The Hall–Kier alpha value is -3.43. The number of ether oxygens (including phenoxy) is 1. The van der Waals surface area contributed by atoms with E-state index in [0.29, 0.717) is 11.4 Å². The van der Waals surface area contributed by atoms with E-state index in [1.54, 1.807) is 50.5 Å². The normalized spacial score (nSPS) is 11.4. The van der Waals surface area contributed by atoms with Gasteiger partial charge >= 0.3 is 0 Å². The molecule has 0 spiro atoms. The molecule has 0 atom stereocenters. The Bertz CT molecular complexity index is 1220. The van der Waals surface area contributed by atoms with Gasteiger partial charge < -0.3 is 15.0 Å². The number of hydrogen-bond donors (Lipinski definition) is 1. The molecule has 0 fully saturated rings. The highest BCUT2D eigenvalue weighted by Gasteiger charge is 2.23. The fourth-order valence-corrected chi connectivity index (χ4v) is 4.07. The maximum atomic E-state index is 12.9. The molecule has 0 saturated heterocycles. The number of hydrogen-bond acceptors (Lipinski definition) is 5. The van der Waals surface area contributed by atoms with Gasteiger partial charge in [0, 0.05) is 26.8 Å². The number of fused-ring (bicyclic) bond motifs is 1. The summed E-state index contributed by atoms with van der Waals surface area (Å²) in [4.78, 5) is 25.5. The molecule has 0 saturated carbocycles. The number of carbonyl (C=O) groups is 2. The number of carbonyl (C=O) groups excluding carboxylic acids is 2. The maximum absolute atomic E-state index is 12.9. The van der Waals surface area contributed by atoms with Crippen LogP contribution in [0.4, 0.5) is 5.69 Å². The van der Waals surface area contributed by atoms with E-state index in [2.05, 4.69) is 5.32 Å². The third-order valence-corrected chi connectivity index (χ3v) is 6.59. The molecule has 0 aliphatic rings. The van der Waals surface area contributed by atoms with E-state index in [9.17, 15) is 18.0 Å². The van der Waals surface area contributed by atoms with Gasteiger partial charge in [0.05, 0.1) is 11.4 Å². The molecular formula is C23H25N3O5S. The smallest absolute Gasteiger partial charge is 0.259 e. The molecule has 0 radical (unpaired) electrons. The molecule has 8 nitrogen and oxygen atoms in total. The highest BCUT2D eigenvalue weighted by atomic mass is 32.2. The maximum Gasteiger partial charge on any atom is 0.259 e. The van der Waals surface area contributed by atoms with Crippen molar-refractivity contribution in [2.45, 2.75) is 4.90 Å². The van der Waals surface area contributed by atoms with Gasteiger partial charge in [0.25, 0.3) is 5.91 Å². The largest absolute Gasteiger partial charge is 0.484 e. The van der Waals surface area contributed by atoms with Gasteiger partial charge in [0.15, 0.2) is 6.61 Å². The summed E-state index contributed by atoms with van der Waals surface area (Å²) in [6.45, 7) is -0.430. The van der Waals surface area contributed by atoms with Gasteiger partial charge in [-0.15, -0.1) is 0 Å². The lowest BCUT2D eigenvalue weighted by Gasteiger charge is -2.17. The SMILES string of the molecule is CN(C)C(=O)COc1ccc(NC(=O)CN(C)S(=O)(=O)c2ccc3ccccc3c2)cc1. The Morgan fingerprint density at radius 3 is 2.22 bits per heavy atom. The minimum Gasteiger partial charge on any atom is -0.484 e. The number of likely N-dealkylation sites (N-methyl/N-ethyl adjacent to an activating group) is 2. The van der Waals surface area contributed by atoms with Crippen LogP contribution in [0.5, 0.6) is 5.75 Å². The molecule has 32 heavy (non-hydrogen) atoms. The summed E-state index contributed by atoms with van der Waals surface area (Å²) in [5.41, 5.74) is 0.484. The van der Waals surface area contributed by atoms with Crippen molar-refractivity contribution in [3.05, 3.63) is 66.7 Å². The first-order valence-electron chi connectivity index (χ1n) is 9.85. The van der Waals surface area contributed by atoms with Crippen molar-refractivity contribution in [3.63, 3.8) is 0 Å². The van der Waals surface area contributed by atoms with Crippen LogP contribution in [0.3, 0.4) is 0 Å². The van der Waals surface area contributed by atoms with Crippen molar-refractivity contribution in [1.82, 2.24) is 9.21 Å². The van der Waals surface area contributed by atoms with Crippen LogP contribution in [0.2, 0.25) is 0 Å². The van der Waals surface area contributed by atoms with Crippen LogP contribution >= 0.6 is 0 Å². The molecule has 0 aromatic heterocycles. The molecule has 9 heteroatoms. The molecule has 0 heterocycles. The lowest BCUT2D eigenvalue weighted by atomic mass is 10.1. The van der Waals surface area contributed by atoms with Crippen molar-refractivity contribution >= 4 is 38.3 Å². The zero-order valence-electron chi connectivity index (χ0n) is 18.1. The average molecular weight is 456 g/mol. The fourth-order valence-electron chi connectivity index (χ4n) is 2.90. The highest BCUT2D eigenvalue weighted by Crippen LogP contribution is 2.21. The van der Waals surface area contributed by atoms with E-state index >= 15 is 0 Å². The van der Waals surface area contributed by atoms with Crippen LogP contribution in [0.1, 0.15) is 0 Å². The molecule has 0 aliphatic heterocycles. The van der Waals surface area contributed by atoms with Gasteiger partial charge in [-0.2, -0.15) is 4.31 Å². The number of benzene rings is 3. The lowest BCUT2D eigenvalue weighted by molar-refractivity contribution is -0.130. The second kappa shape index (κ2) is 9.80. The summed E-state index contributed by atoms with van der Waals surface area (Å²) in [6, 6.07) is 18.8. The molecule has 3 aromatic rings. The second-order valence-electron chi connectivity index (χ2n) is 7.42. The average Bonchev–Trinajstić information content (AvgIpc) is 2.77. The number of rotatable bonds is 8. The van der Waals surface area contributed by atoms with E-state index < -0.39 is 15.9 Å². The van der Waals surface area contributed by atoms with Gasteiger partial charge in [-0.05, 0) is 47.2 Å². The fraction of sp³-hybridized carbons (Fsp3) is 0.217. The molecule has 0 bridgehead atoms. The first kappa shape index (κ1) is 23.2. The van der Waals surface area contributed by atoms with E-state index in [1.165, 1.54) is 18.0 Å². The van der Waals surface area contributed by atoms with E-state index in [4.69, 9.17) is 4.74 Å². The van der Waals surface area contributed by atoms with Crippen molar-refractivity contribution in [1.29, 1.82) is 0 Å². The summed E-state index contributed by atoms with van der Waals surface area (Å²) in [5, 5.41) is 4.40. The minimum atomic E-state index is -3.83. The summed E-state index contributed by atoms with van der Waals surface area (Å²) in [6.07, 6.45) is 0. The Balaban J connectivity index is 1.60. The summed E-state index contributed by atoms with van der Waals surface area (Å²) < 4.78 is 32.2. The lowest BCUT2D eigenvalue weighted by Crippen LogP contribution is -2.34. The van der Waals surface area contributed by atoms with Crippen molar-refractivity contribution in [2.24, 2.45) is 0 Å². The van der Waals surface area contributed by atoms with Crippen molar-refractivity contribution in [2.75, 3.05) is 39.6 Å². The second-order valence-corrected chi connectivity index (χ2v) is 9.46. The first-order chi connectivity index (χ1) is 15.2. The molecule has 2 amide bonds. The zero-order valence-corrected chi connectivity index (χ0v) is 18.9. The Labute approximate surface area is 187 Å². The Morgan fingerprint density at radius 1 is 0.906 bits per heavy atom. The quantitative estimate of drug-likeness (QED) is 0.563. The van der Waals surface area contributed by atoms with Gasteiger partial charge in [-0.25, -0.2) is 8.42 Å². The van der Waals surface area contributed by atoms with Crippen molar-refractivity contribution < 1.29 is 22.7 Å². The monoisotopic (exact) mass is 455 g/mol. The minimum absolute atomic E-state index is 0.0872. The summed E-state index contributed by atoms with van der Waals surface area (Å²) in [5.74, 6) is -0.166. The first-order valence-corrected chi connectivity index (χ1v) is 11.3. The van der Waals surface area contributed by atoms with E-state index in [1.807, 2.05) is 24.3 Å². The predicted octanol–water partition coefficient (Wildman–Crippen LogP) is 2.57. The van der Waals surface area contributed by atoms with Gasteiger partial charge in [0.2, 0.25) is 15.9 Å². The Kier molecular flexibility index (Phi) is 7.12. The highest BCUT2D eigenvalue weighted by molar-refractivity contribution is 7.89. The molecule has 3 aromatic carbocycles. The van der Waals surface area contributed by atoms with Crippen LogP contribution in [-0.4, -0.2) is 63.7 Å². The van der Waals surface area contributed by atoms with Gasteiger partial charge in [-0.3, -0.25) is 9.59 Å². The molecule has 3 rings (SSSR count). The van der Waals surface area contributed by atoms with Crippen LogP contribution in [0.25, 0.3) is 10.8 Å². The standard InChI is InChI=1S/C23H25N3O5S/c1-25(2)23(28)16-31-20-11-9-19(10-12-20)24-22(27)15-26(3)32(29,30)21-13-8-17-6-4-5-7-18(17)14-21/h4-14H,15-16H2,1-3H3,(H,24,27). The van der Waals surface area contributed by atoms with Crippen molar-refractivity contribution in [3.8, 4) is 5.75 Å². The zero-order chi connectivity index (χ0) is 23.3. The van der Waals surface area contributed by atoms with E-state index in [-0.39, 0.29) is 24.0 Å². The third-order valence-electron chi connectivity index (χ3n) is 4.79. The summed E-state index contributed by atoms with van der Waals surface area (Å²) >= 11 is 0. The summed E-state index contributed by atoms with van der Waals surface area (Å²) in [7, 11) is 0.814.